The number of carboxylic acids is 1. The van der Waals surface area contributed by atoms with Crippen molar-refractivity contribution >= 4 is 39.2 Å². The number of piperidine rings is 1. The summed E-state index contributed by atoms with van der Waals surface area (Å²) < 4.78 is 75.3. The van der Waals surface area contributed by atoms with E-state index in [1.54, 1.807) is 11.8 Å². The van der Waals surface area contributed by atoms with Crippen LogP contribution < -0.4 is 14.4 Å². The van der Waals surface area contributed by atoms with Crippen LogP contribution in [0.4, 0.5) is 24.8 Å². The van der Waals surface area contributed by atoms with E-state index >= 15 is 0 Å². The summed E-state index contributed by atoms with van der Waals surface area (Å²) in [6, 6.07) is 7.58. The number of hydrogen-bond acceptors (Lipinski definition) is 7. The molecule has 0 unspecified atom stereocenters. The Morgan fingerprint density at radius 1 is 1.18 bits per heavy atom. The van der Waals surface area contributed by atoms with Gasteiger partial charge >= 0.3 is 12.1 Å². The van der Waals surface area contributed by atoms with Crippen molar-refractivity contribution in [2.45, 2.75) is 30.8 Å². The number of aliphatic carboxylic acids is 1. The Bertz CT molecular complexity index is 1520. The van der Waals surface area contributed by atoms with Gasteiger partial charge in [0.1, 0.15) is 17.4 Å². The molecule has 9 nitrogen and oxygen atoms in total. The Labute approximate surface area is 227 Å². The number of rotatable bonds is 7. The highest BCUT2D eigenvalue weighted by molar-refractivity contribution is 7.92. The molecule has 0 bridgehead atoms. The van der Waals surface area contributed by atoms with Crippen molar-refractivity contribution in [3.8, 4) is 16.9 Å². The number of methoxy groups -OCH3 is 1. The first-order chi connectivity index (χ1) is 18.2. The molecule has 0 saturated carbocycles. The molecule has 2 N–H and O–H groups in total. The maximum absolute atomic E-state index is 13.8. The van der Waals surface area contributed by atoms with Crippen LogP contribution in [0.3, 0.4) is 0 Å². The van der Waals surface area contributed by atoms with Gasteiger partial charge in [-0.25, -0.2) is 18.4 Å². The monoisotopic (exact) mass is 584 g/mol. The average molecular weight is 585 g/mol. The number of carboxylic acid groups (broad SMARTS) is 1. The highest BCUT2D eigenvalue weighted by Gasteiger charge is 2.39. The number of nitrogens with zero attached hydrogens (tertiary/aromatic N) is 3. The Morgan fingerprint density at radius 2 is 1.92 bits per heavy atom. The smallest absolute Gasteiger partial charge is 0.418 e. The van der Waals surface area contributed by atoms with Crippen molar-refractivity contribution < 1.29 is 36.2 Å². The molecule has 39 heavy (non-hydrogen) atoms. The van der Waals surface area contributed by atoms with E-state index in [-0.39, 0.29) is 45.0 Å². The first kappa shape index (κ1) is 28.4. The molecule has 208 valence electrons. The second kappa shape index (κ2) is 10.5. The number of carbonyl (C=O) groups is 1. The van der Waals surface area contributed by atoms with E-state index in [2.05, 4.69) is 14.7 Å². The predicted molar refractivity (Wildman–Crippen MR) is 138 cm³/mol. The van der Waals surface area contributed by atoms with Crippen LogP contribution in [0.15, 0.2) is 53.7 Å². The predicted octanol–water partition coefficient (Wildman–Crippen LogP) is 5.32. The maximum Gasteiger partial charge on any atom is 0.418 e. The van der Waals surface area contributed by atoms with Crippen molar-refractivity contribution in [1.82, 2.24) is 9.97 Å². The highest BCUT2D eigenvalue weighted by atomic mass is 35.5. The zero-order valence-electron chi connectivity index (χ0n) is 20.8. The van der Waals surface area contributed by atoms with Crippen LogP contribution in [0.1, 0.15) is 25.3 Å². The van der Waals surface area contributed by atoms with Crippen LogP contribution in [0.25, 0.3) is 11.1 Å². The second-order valence-corrected chi connectivity index (χ2v) is 11.4. The van der Waals surface area contributed by atoms with Gasteiger partial charge in [-0.15, -0.1) is 0 Å². The van der Waals surface area contributed by atoms with Gasteiger partial charge < -0.3 is 14.7 Å². The number of nitrogens with one attached hydrogen (secondary N) is 1. The number of sulfonamides is 1. The van der Waals surface area contributed by atoms with Crippen LogP contribution in [-0.4, -0.2) is 49.7 Å². The third kappa shape index (κ3) is 6.04. The maximum atomic E-state index is 13.8. The fourth-order valence-electron chi connectivity index (χ4n) is 4.40. The molecular weight excluding hydrogens is 561 g/mol. The molecule has 3 heterocycles. The van der Waals surface area contributed by atoms with Gasteiger partial charge in [0, 0.05) is 47.7 Å². The van der Waals surface area contributed by atoms with Gasteiger partial charge in [0.2, 0.25) is 0 Å². The van der Waals surface area contributed by atoms with Gasteiger partial charge in [-0.2, -0.15) is 13.2 Å². The normalized spacial score (nSPS) is 18.1. The largest absolute Gasteiger partial charge is 0.496 e. The summed E-state index contributed by atoms with van der Waals surface area (Å²) in [6.45, 7) is 2.24. The first-order valence-corrected chi connectivity index (χ1v) is 13.5. The zero-order chi connectivity index (χ0) is 28.6. The molecule has 4 rings (SSSR count). The van der Waals surface area contributed by atoms with Gasteiger partial charge in [0.25, 0.3) is 10.0 Å². The standard InChI is InChI=1S/C25H24ClF3N4O5S/c1-24(23(34)35)7-3-9-33(14-24)22-11-16(6-8-30-22)39(36,37)32-21-12-17(19(13-31-21)25(27,28)29)18-10-15(26)4-5-20(18)38-2/h4-6,8,10-13H,3,7,9,14H2,1-2H3,(H,31,32)(H,34,35)/t24-/m1/s1. The number of halogens is 4. The molecule has 1 atom stereocenters. The molecule has 14 heteroatoms. The van der Waals surface area contributed by atoms with Crippen LogP contribution in [-0.2, 0) is 21.0 Å². The van der Waals surface area contributed by atoms with Crippen LogP contribution in [0, 0.1) is 5.41 Å². The molecule has 1 saturated heterocycles. The fourth-order valence-corrected chi connectivity index (χ4v) is 5.57. The van der Waals surface area contributed by atoms with Gasteiger partial charge in [-0.3, -0.25) is 9.52 Å². The van der Waals surface area contributed by atoms with Crippen molar-refractivity contribution in [2.24, 2.45) is 5.41 Å². The van der Waals surface area contributed by atoms with E-state index in [4.69, 9.17) is 16.3 Å². The van der Waals surface area contributed by atoms with Crippen LogP contribution >= 0.6 is 11.6 Å². The molecule has 0 amide bonds. The van der Waals surface area contributed by atoms with E-state index in [1.807, 2.05) is 0 Å². The van der Waals surface area contributed by atoms with E-state index in [0.717, 1.165) is 6.07 Å². The number of hydrogen-bond donors (Lipinski definition) is 2. The summed E-state index contributed by atoms with van der Waals surface area (Å²) >= 11 is 6.02. The van der Waals surface area contributed by atoms with E-state index in [9.17, 15) is 31.5 Å². The third-order valence-corrected chi connectivity index (χ3v) is 8.05. The van der Waals surface area contributed by atoms with Gasteiger partial charge in [0.05, 0.1) is 23.0 Å². The molecular formula is C25H24ClF3N4O5S. The summed E-state index contributed by atoms with van der Waals surface area (Å²) in [7, 11) is -3.04. The molecule has 0 radical (unpaired) electrons. The van der Waals surface area contributed by atoms with Gasteiger partial charge in [-0.1, -0.05) is 11.6 Å². The van der Waals surface area contributed by atoms with E-state index in [1.165, 1.54) is 43.6 Å². The molecule has 2 aromatic heterocycles. The zero-order valence-corrected chi connectivity index (χ0v) is 22.4. The number of anilines is 2. The number of ether oxygens (including phenoxy) is 1. The SMILES string of the molecule is COc1ccc(Cl)cc1-c1cc(NS(=O)(=O)c2ccnc(N3CCC[C@@](C)(C(=O)O)C3)c2)ncc1C(F)(F)F. The van der Waals surface area contributed by atoms with Crippen LogP contribution in [0.5, 0.6) is 5.75 Å². The minimum absolute atomic E-state index is 0.00190. The molecule has 1 aliphatic heterocycles. The third-order valence-electron chi connectivity index (χ3n) is 6.46. The minimum Gasteiger partial charge on any atom is -0.496 e. The summed E-state index contributed by atoms with van der Waals surface area (Å²) in [6.07, 6.45) is -1.96. The molecule has 1 aliphatic rings. The number of benzene rings is 1. The Balaban J connectivity index is 1.70. The van der Waals surface area contributed by atoms with Crippen LogP contribution in [0.2, 0.25) is 5.02 Å². The topological polar surface area (TPSA) is 122 Å². The van der Waals surface area contributed by atoms with Crippen molar-refractivity contribution in [3.63, 3.8) is 0 Å². The number of alkyl halides is 3. The first-order valence-electron chi connectivity index (χ1n) is 11.6. The van der Waals surface area contributed by atoms with Gasteiger partial charge in [-0.05, 0) is 50.1 Å². The molecule has 3 aromatic rings. The van der Waals surface area contributed by atoms with E-state index < -0.39 is 33.1 Å². The number of pyridine rings is 2. The summed E-state index contributed by atoms with van der Waals surface area (Å²) in [5, 5.41) is 9.74. The summed E-state index contributed by atoms with van der Waals surface area (Å²) in [5.74, 6) is -0.971. The molecule has 1 aromatic carbocycles. The number of aromatic nitrogens is 2. The lowest BCUT2D eigenvalue weighted by atomic mass is 9.82. The van der Waals surface area contributed by atoms with Crippen molar-refractivity contribution in [1.29, 1.82) is 0 Å². The quantitative estimate of drug-likeness (QED) is 0.383. The van der Waals surface area contributed by atoms with Crippen molar-refractivity contribution in [2.75, 3.05) is 29.8 Å². The Hall–Kier alpha value is -3.58. The van der Waals surface area contributed by atoms with Crippen molar-refractivity contribution in [3.05, 3.63) is 59.4 Å². The highest BCUT2D eigenvalue weighted by Crippen LogP contribution is 2.42. The summed E-state index contributed by atoms with van der Waals surface area (Å²) in [5.41, 5.74) is -2.51. The second-order valence-electron chi connectivity index (χ2n) is 9.30. The summed E-state index contributed by atoms with van der Waals surface area (Å²) in [4.78, 5) is 21.1. The lowest BCUT2D eigenvalue weighted by Gasteiger charge is -2.38. The van der Waals surface area contributed by atoms with E-state index in [0.29, 0.717) is 25.6 Å². The molecule has 0 aliphatic carbocycles. The lowest BCUT2D eigenvalue weighted by molar-refractivity contribution is -0.148. The lowest BCUT2D eigenvalue weighted by Crippen LogP contribution is -2.46. The fraction of sp³-hybridized carbons (Fsp3) is 0.320. The molecule has 0 spiro atoms. The average Bonchev–Trinajstić information content (AvgIpc) is 2.88. The minimum atomic E-state index is -4.80. The molecule has 1 fully saturated rings. The van der Waals surface area contributed by atoms with Gasteiger partial charge in [0.15, 0.2) is 0 Å². The Morgan fingerprint density at radius 3 is 2.59 bits per heavy atom. The Kier molecular flexibility index (Phi) is 7.68.